The molecule has 3 saturated carbocycles. The molecule has 0 unspecified atom stereocenters. The van der Waals surface area contributed by atoms with Gasteiger partial charge in [-0.25, -0.2) is 12.7 Å². The van der Waals surface area contributed by atoms with E-state index in [1.165, 1.54) is 18.4 Å². The second-order valence-electron chi connectivity index (χ2n) is 17.8. The van der Waals surface area contributed by atoms with E-state index in [4.69, 9.17) is 0 Å². The van der Waals surface area contributed by atoms with E-state index in [0.717, 1.165) is 83.5 Å². The van der Waals surface area contributed by atoms with Gasteiger partial charge in [-0.2, -0.15) is 0 Å². The number of carbonyl (C=O) groups excluding carboxylic acids is 5. The second kappa shape index (κ2) is 16.4. The number of fused-ring (bicyclic) bond motifs is 3. The van der Waals surface area contributed by atoms with Gasteiger partial charge >= 0.3 is 0 Å². The summed E-state index contributed by atoms with van der Waals surface area (Å²) in [6.07, 6.45) is 15.6. The highest BCUT2D eigenvalue weighted by atomic mass is 32.2. The molecule has 5 aliphatic rings. The van der Waals surface area contributed by atoms with Gasteiger partial charge in [0, 0.05) is 58.2 Å². The van der Waals surface area contributed by atoms with E-state index in [-0.39, 0.29) is 71.9 Å². The maximum atomic E-state index is 14.6. The zero-order valence-corrected chi connectivity index (χ0v) is 32.2. The van der Waals surface area contributed by atoms with Crippen LogP contribution in [-0.2, 0) is 34.0 Å². The summed E-state index contributed by atoms with van der Waals surface area (Å²) < 4.78 is 27.3. The van der Waals surface area contributed by atoms with Crippen molar-refractivity contribution in [2.45, 2.75) is 155 Å². The van der Waals surface area contributed by atoms with E-state index in [9.17, 15) is 32.4 Å². The molecule has 2 saturated heterocycles. The molecule has 9 nitrogen and oxygen atoms in total. The Labute approximate surface area is 301 Å². The maximum absolute atomic E-state index is 14.6. The molecule has 0 N–H and O–H groups in total. The number of ketones is 4. The van der Waals surface area contributed by atoms with Crippen molar-refractivity contribution in [3.8, 4) is 0 Å². The van der Waals surface area contributed by atoms with Gasteiger partial charge in [-0.3, -0.25) is 24.0 Å². The number of hydrogen-bond acceptors (Lipinski definition) is 7. The minimum absolute atomic E-state index is 0.00451. The predicted molar refractivity (Wildman–Crippen MR) is 194 cm³/mol. The van der Waals surface area contributed by atoms with Gasteiger partial charge < -0.3 is 4.90 Å². The summed E-state index contributed by atoms with van der Waals surface area (Å²) in [6, 6.07) is -0.639. The van der Waals surface area contributed by atoms with Crippen molar-refractivity contribution < 1.29 is 32.4 Å². The molecule has 2 aliphatic heterocycles. The lowest BCUT2D eigenvalue weighted by Crippen LogP contribution is -2.49. The van der Waals surface area contributed by atoms with Gasteiger partial charge in [-0.15, -0.1) is 0 Å². The predicted octanol–water partition coefficient (Wildman–Crippen LogP) is 6.71. The summed E-state index contributed by atoms with van der Waals surface area (Å²) in [6.45, 7) is 4.77. The molecule has 10 heteroatoms. The van der Waals surface area contributed by atoms with Crippen LogP contribution in [0.2, 0.25) is 0 Å². The van der Waals surface area contributed by atoms with Crippen LogP contribution in [0.3, 0.4) is 0 Å². The third kappa shape index (κ3) is 9.53. The fourth-order valence-corrected chi connectivity index (χ4v) is 11.3. The van der Waals surface area contributed by atoms with Crippen LogP contribution in [0.1, 0.15) is 149 Å². The van der Waals surface area contributed by atoms with Gasteiger partial charge in [0.25, 0.3) is 0 Å². The number of nitrogens with zero attached hydrogens (tertiary/aromatic N) is 2. The third-order valence-electron chi connectivity index (χ3n) is 13.3. The molecule has 282 valence electrons. The minimum atomic E-state index is -3.51. The molecular weight excluding hydrogens is 653 g/mol. The highest BCUT2D eigenvalue weighted by Crippen LogP contribution is 2.65. The standard InChI is InChI=1S/C40H64N2O7S/c1-39(2)32-26-42-36(35(32)39)33(44)24-29(37(46)34(45)22-28-18-19-28)16-12-9-7-5-6-8-10-13-17-30(38(42)47)23-31(43)25-40(20-14-11-15-21-40)27-50(48,49)41(3)4/h28-30,32,35-36H,5-27H2,1-4H3/t29-,30-,32+,35+,36-/m1/s1. The first-order valence-corrected chi connectivity index (χ1v) is 21.6. The minimum Gasteiger partial charge on any atom is -0.332 e. The van der Waals surface area contributed by atoms with Crippen molar-refractivity contribution in [2.24, 2.45) is 40.4 Å². The summed E-state index contributed by atoms with van der Waals surface area (Å²) in [7, 11) is -0.437. The molecule has 0 bridgehead atoms. The number of hydrogen-bond donors (Lipinski definition) is 0. The highest BCUT2D eigenvalue weighted by molar-refractivity contribution is 7.89. The average molecular weight is 717 g/mol. The van der Waals surface area contributed by atoms with Crippen LogP contribution in [0.5, 0.6) is 0 Å². The maximum Gasteiger partial charge on any atom is 0.226 e. The topological polar surface area (TPSA) is 126 Å². The van der Waals surface area contributed by atoms with Crippen molar-refractivity contribution in [1.82, 2.24) is 9.21 Å². The van der Waals surface area contributed by atoms with Crippen LogP contribution in [0.25, 0.3) is 0 Å². The molecule has 3 aliphatic carbocycles. The lowest BCUT2D eigenvalue weighted by Gasteiger charge is -2.38. The molecule has 1 amide bonds. The SMILES string of the molecule is CN(C)S(=O)(=O)CC1(CC(=O)C[C@H]2CCCCCCCCCC[C@@H](C(=O)C(=O)CC3CC3)CC(=O)[C@@H]3[C@@H]4[C@H](CN3C2=O)C4(C)C)CCCCC1. The Balaban J connectivity index is 1.36. The largest absolute Gasteiger partial charge is 0.332 e. The van der Waals surface area contributed by atoms with E-state index in [1.54, 1.807) is 4.90 Å². The first-order valence-electron chi connectivity index (χ1n) is 20.0. The molecule has 5 rings (SSSR count). The summed E-state index contributed by atoms with van der Waals surface area (Å²) in [5, 5.41) is 0. The lowest BCUT2D eigenvalue weighted by atomic mass is 9.71. The summed E-state index contributed by atoms with van der Waals surface area (Å²) >= 11 is 0. The van der Waals surface area contributed by atoms with Gasteiger partial charge in [0.2, 0.25) is 21.7 Å². The fraction of sp³-hybridized carbons (Fsp3) is 0.875. The van der Waals surface area contributed by atoms with Crippen LogP contribution < -0.4 is 0 Å². The van der Waals surface area contributed by atoms with Gasteiger partial charge in [0.05, 0.1) is 11.8 Å². The Morgan fingerprint density at radius 3 is 1.98 bits per heavy atom. The monoisotopic (exact) mass is 716 g/mol. The zero-order valence-electron chi connectivity index (χ0n) is 31.4. The molecular formula is C40H64N2O7S. The highest BCUT2D eigenvalue weighted by Gasteiger charge is 2.69. The molecule has 5 atom stereocenters. The average Bonchev–Trinajstić information content (AvgIpc) is 3.90. The van der Waals surface area contributed by atoms with E-state index < -0.39 is 39.1 Å². The molecule has 0 aromatic carbocycles. The quantitative estimate of drug-likeness (QED) is 0.218. The Kier molecular flexibility index (Phi) is 12.9. The van der Waals surface area contributed by atoms with Crippen molar-refractivity contribution in [2.75, 3.05) is 26.4 Å². The Morgan fingerprint density at radius 2 is 1.38 bits per heavy atom. The van der Waals surface area contributed by atoms with Crippen molar-refractivity contribution >= 4 is 39.1 Å². The Bertz CT molecular complexity index is 1380. The molecule has 50 heavy (non-hydrogen) atoms. The van der Waals surface area contributed by atoms with E-state index >= 15 is 0 Å². The molecule has 0 spiro atoms. The van der Waals surface area contributed by atoms with Crippen LogP contribution in [0.15, 0.2) is 0 Å². The first-order chi connectivity index (χ1) is 23.6. The molecule has 0 aromatic heterocycles. The van der Waals surface area contributed by atoms with E-state index in [1.807, 2.05) is 0 Å². The van der Waals surface area contributed by atoms with Crippen LogP contribution in [0, 0.1) is 40.4 Å². The number of piperidine rings is 1. The second-order valence-corrected chi connectivity index (χ2v) is 20.0. The molecule has 5 fully saturated rings. The van der Waals surface area contributed by atoms with E-state index in [0.29, 0.717) is 38.1 Å². The van der Waals surface area contributed by atoms with Gasteiger partial charge in [0.1, 0.15) is 5.78 Å². The van der Waals surface area contributed by atoms with Gasteiger partial charge in [0.15, 0.2) is 11.6 Å². The number of sulfonamides is 1. The Hall–Kier alpha value is -1.94. The summed E-state index contributed by atoms with van der Waals surface area (Å²) in [5.74, 6) is -1.80. The first kappa shape index (κ1) is 39.3. The van der Waals surface area contributed by atoms with Crippen molar-refractivity contribution in [3.05, 3.63) is 0 Å². The van der Waals surface area contributed by atoms with E-state index in [2.05, 4.69) is 13.8 Å². The number of rotatable bonds is 11. The van der Waals surface area contributed by atoms with Gasteiger partial charge in [-0.05, 0) is 67.1 Å². The lowest BCUT2D eigenvalue weighted by molar-refractivity contribution is -0.145. The van der Waals surface area contributed by atoms with Crippen LogP contribution >= 0.6 is 0 Å². The summed E-state index contributed by atoms with van der Waals surface area (Å²) in [5.41, 5.74) is -0.706. The Morgan fingerprint density at radius 1 is 0.800 bits per heavy atom. The molecule has 0 radical (unpaired) electrons. The van der Waals surface area contributed by atoms with Crippen molar-refractivity contribution in [3.63, 3.8) is 0 Å². The summed E-state index contributed by atoms with van der Waals surface area (Å²) in [4.78, 5) is 71.1. The zero-order chi connectivity index (χ0) is 36.3. The molecule has 2 heterocycles. The number of carbonyl (C=O) groups is 5. The smallest absolute Gasteiger partial charge is 0.226 e. The normalized spacial score (nSPS) is 31.1. The van der Waals surface area contributed by atoms with Crippen LogP contribution in [0.4, 0.5) is 0 Å². The number of amides is 1. The fourth-order valence-electron chi connectivity index (χ4n) is 9.83. The third-order valence-corrected chi connectivity index (χ3v) is 15.4. The van der Waals surface area contributed by atoms with Crippen LogP contribution in [-0.4, -0.2) is 79.1 Å². The number of Topliss-reactive ketones (excluding diaryl/α,β-unsaturated/α-hetero) is 4. The van der Waals surface area contributed by atoms with Gasteiger partial charge in [-0.1, -0.05) is 84.5 Å². The van der Waals surface area contributed by atoms with Crippen molar-refractivity contribution in [1.29, 1.82) is 0 Å². The molecule has 0 aromatic rings.